The van der Waals surface area contributed by atoms with Gasteiger partial charge in [-0.2, -0.15) is 5.26 Å². The number of nitrogens with zero attached hydrogens (tertiary/aromatic N) is 1. The van der Waals surface area contributed by atoms with Gasteiger partial charge < -0.3 is 4.74 Å². The predicted molar refractivity (Wildman–Crippen MR) is 72.0 cm³/mol. The summed E-state index contributed by atoms with van der Waals surface area (Å²) in [5, 5.41) is 9.32. The lowest BCUT2D eigenvalue weighted by Gasteiger charge is -2.29. The van der Waals surface area contributed by atoms with Crippen molar-refractivity contribution in [3.8, 4) is 6.07 Å². The van der Waals surface area contributed by atoms with Crippen molar-refractivity contribution in [3.05, 3.63) is 35.9 Å². The van der Waals surface area contributed by atoms with Crippen LogP contribution < -0.4 is 0 Å². The van der Waals surface area contributed by atoms with E-state index in [-0.39, 0.29) is 12.4 Å². The second-order valence-corrected chi connectivity index (χ2v) is 5.28. The zero-order chi connectivity index (χ0) is 13.6. The molecule has 0 aromatic heterocycles. The van der Waals surface area contributed by atoms with Crippen LogP contribution in [0, 0.1) is 16.7 Å². The number of nitriles is 1. The van der Waals surface area contributed by atoms with Gasteiger partial charge in [-0.05, 0) is 18.4 Å². The maximum absolute atomic E-state index is 11.9. The van der Waals surface area contributed by atoms with E-state index in [0.29, 0.717) is 6.61 Å². The summed E-state index contributed by atoms with van der Waals surface area (Å²) in [7, 11) is 0. The predicted octanol–water partition coefficient (Wildman–Crippen LogP) is 3.59. The first-order valence-corrected chi connectivity index (χ1v) is 6.85. The molecule has 1 aromatic carbocycles. The third-order valence-electron chi connectivity index (χ3n) is 3.77. The number of ether oxygens (including phenoxy) is 1. The Bertz CT molecular complexity index is 455. The lowest BCUT2D eigenvalue weighted by atomic mass is 9.73. The molecule has 0 heterocycles. The molecule has 0 amide bonds. The first-order valence-electron chi connectivity index (χ1n) is 6.85. The van der Waals surface area contributed by atoms with Gasteiger partial charge in [0, 0.05) is 0 Å². The van der Waals surface area contributed by atoms with Gasteiger partial charge in [0.2, 0.25) is 0 Å². The van der Waals surface area contributed by atoms with Crippen LogP contribution in [0.15, 0.2) is 30.3 Å². The summed E-state index contributed by atoms with van der Waals surface area (Å²) in [4.78, 5) is 11.9. The maximum Gasteiger partial charge on any atom is 0.307 e. The van der Waals surface area contributed by atoms with E-state index in [1.54, 1.807) is 0 Å². The van der Waals surface area contributed by atoms with Crippen LogP contribution >= 0.6 is 0 Å². The van der Waals surface area contributed by atoms with Gasteiger partial charge in [0.15, 0.2) is 0 Å². The molecule has 1 fully saturated rings. The lowest BCUT2D eigenvalue weighted by molar-refractivity contribution is -0.147. The largest absolute Gasteiger partial charge is 0.461 e. The Labute approximate surface area is 114 Å². The van der Waals surface area contributed by atoms with Crippen molar-refractivity contribution in [2.24, 2.45) is 5.41 Å². The molecule has 100 valence electrons. The topological polar surface area (TPSA) is 50.1 Å². The Balaban J connectivity index is 1.85. The number of rotatable bonds is 4. The number of carbonyl (C=O) groups is 1. The summed E-state index contributed by atoms with van der Waals surface area (Å²) in [5.74, 6) is -0.257. The normalized spacial score (nSPS) is 17.4. The molecule has 1 aliphatic rings. The zero-order valence-electron chi connectivity index (χ0n) is 11.1. The Morgan fingerprint density at radius 3 is 2.53 bits per heavy atom. The summed E-state index contributed by atoms with van der Waals surface area (Å²) < 4.78 is 5.27. The molecule has 1 saturated carbocycles. The van der Waals surface area contributed by atoms with Gasteiger partial charge in [0.1, 0.15) is 6.61 Å². The summed E-state index contributed by atoms with van der Waals surface area (Å²) in [6.45, 7) is 0.293. The molecule has 0 aliphatic heterocycles. The van der Waals surface area contributed by atoms with Crippen molar-refractivity contribution in [2.75, 3.05) is 0 Å². The van der Waals surface area contributed by atoms with Gasteiger partial charge in [-0.25, -0.2) is 0 Å². The Hall–Kier alpha value is -1.82. The third-order valence-corrected chi connectivity index (χ3v) is 3.77. The Kier molecular flexibility index (Phi) is 4.57. The van der Waals surface area contributed by atoms with E-state index in [0.717, 1.165) is 31.2 Å². The summed E-state index contributed by atoms with van der Waals surface area (Å²) in [6, 6.07) is 12.0. The van der Waals surface area contributed by atoms with Crippen LogP contribution in [0.3, 0.4) is 0 Å². The second-order valence-electron chi connectivity index (χ2n) is 5.28. The highest BCUT2D eigenvalue weighted by molar-refractivity contribution is 5.70. The fourth-order valence-electron chi connectivity index (χ4n) is 2.62. The average Bonchev–Trinajstić information content (AvgIpc) is 2.47. The minimum atomic E-state index is -0.480. The van der Waals surface area contributed by atoms with Gasteiger partial charge in [0.05, 0.1) is 17.9 Å². The summed E-state index contributed by atoms with van der Waals surface area (Å²) in [5.41, 5.74) is 0.497. The highest BCUT2D eigenvalue weighted by atomic mass is 16.5. The first kappa shape index (κ1) is 13.6. The van der Waals surface area contributed by atoms with Crippen molar-refractivity contribution >= 4 is 5.97 Å². The van der Waals surface area contributed by atoms with Gasteiger partial charge in [-0.1, -0.05) is 49.6 Å². The van der Waals surface area contributed by atoms with Crippen molar-refractivity contribution in [3.63, 3.8) is 0 Å². The fourth-order valence-corrected chi connectivity index (χ4v) is 2.62. The van der Waals surface area contributed by atoms with Gasteiger partial charge in [0.25, 0.3) is 0 Å². The number of esters is 1. The van der Waals surface area contributed by atoms with E-state index in [1.807, 2.05) is 30.3 Å². The Morgan fingerprint density at radius 2 is 1.89 bits per heavy atom. The quantitative estimate of drug-likeness (QED) is 0.774. The van der Waals surface area contributed by atoms with E-state index in [2.05, 4.69) is 6.07 Å². The SMILES string of the molecule is N#CC1(CC(=O)OCc2ccccc2)CCCCC1. The van der Waals surface area contributed by atoms with Crippen LogP contribution in [0.4, 0.5) is 0 Å². The van der Waals surface area contributed by atoms with E-state index < -0.39 is 5.41 Å². The third kappa shape index (κ3) is 3.82. The minimum absolute atomic E-state index is 0.232. The van der Waals surface area contributed by atoms with E-state index in [1.165, 1.54) is 6.42 Å². The van der Waals surface area contributed by atoms with Gasteiger partial charge in [-0.15, -0.1) is 0 Å². The van der Waals surface area contributed by atoms with Crippen molar-refractivity contribution in [1.29, 1.82) is 5.26 Å². The Morgan fingerprint density at radius 1 is 1.21 bits per heavy atom. The van der Waals surface area contributed by atoms with Crippen LogP contribution in [0.5, 0.6) is 0 Å². The monoisotopic (exact) mass is 257 g/mol. The zero-order valence-corrected chi connectivity index (χ0v) is 11.1. The summed E-state index contributed by atoms with van der Waals surface area (Å²) >= 11 is 0. The van der Waals surface area contributed by atoms with Crippen LogP contribution in [0.1, 0.15) is 44.1 Å². The van der Waals surface area contributed by atoms with E-state index in [4.69, 9.17) is 4.74 Å². The summed E-state index contributed by atoms with van der Waals surface area (Å²) in [6.07, 6.45) is 5.13. The maximum atomic E-state index is 11.9. The fraction of sp³-hybridized carbons (Fsp3) is 0.500. The van der Waals surface area contributed by atoms with Crippen LogP contribution in [-0.4, -0.2) is 5.97 Å². The van der Waals surface area contributed by atoms with Crippen molar-refractivity contribution < 1.29 is 9.53 Å². The molecule has 1 aromatic rings. The second kappa shape index (κ2) is 6.38. The molecule has 0 unspecified atom stereocenters. The number of hydrogen-bond donors (Lipinski definition) is 0. The van der Waals surface area contributed by atoms with Gasteiger partial charge >= 0.3 is 5.97 Å². The molecule has 19 heavy (non-hydrogen) atoms. The molecule has 2 rings (SSSR count). The highest BCUT2D eigenvalue weighted by Crippen LogP contribution is 2.38. The molecular weight excluding hydrogens is 238 g/mol. The number of benzene rings is 1. The first-order chi connectivity index (χ1) is 9.24. The molecule has 3 heteroatoms. The molecule has 0 N–H and O–H groups in total. The smallest absolute Gasteiger partial charge is 0.307 e. The van der Waals surface area contributed by atoms with E-state index in [9.17, 15) is 10.1 Å². The molecular formula is C16H19NO2. The molecule has 0 radical (unpaired) electrons. The van der Waals surface area contributed by atoms with Crippen LogP contribution in [0.2, 0.25) is 0 Å². The minimum Gasteiger partial charge on any atom is -0.461 e. The lowest BCUT2D eigenvalue weighted by Crippen LogP contribution is -2.26. The van der Waals surface area contributed by atoms with Crippen molar-refractivity contribution in [1.82, 2.24) is 0 Å². The van der Waals surface area contributed by atoms with Crippen LogP contribution in [-0.2, 0) is 16.1 Å². The molecule has 0 saturated heterocycles. The molecule has 0 spiro atoms. The average molecular weight is 257 g/mol. The number of hydrogen-bond acceptors (Lipinski definition) is 3. The number of carbonyl (C=O) groups excluding carboxylic acids is 1. The molecule has 3 nitrogen and oxygen atoms in total. The molecule has 0 bridgehead atoms. The van der Waals surface area contributed by atoms with E-state index >= 15 is 0 Å². The standard InChI is InChI=1S/C16H19NO2/c17-13-16(9-5-2-6-10-16)11-15(18)19-12-14-7-3-1-4-8-14/h1,3-4,7-8H,2,5-6,9-12H2. The van der Waals surface area contributed by atoms with Gasteiger partial charge in [-0.3, -0.25) is 4.79 Å². The highest BCUT2D eigenvalue weighted by Gasteiger charge is 2.35. The molecule has 0 atom stereocenters. The van der Waals surface area contributed by atoms with Crippen molar-refractivity contribution in [2.45, 2.75) is 45.1 Å². The van der Waals surface area contributed by atoms with Crippen LogP contribution in [0.25, 0.3) is 0 Å². The molecule has 1 aliphatic carbocycles.